The number of amides is 2. The van der Waals surface area contributed by atoms with Gasteiger partial charge in [0.15, 0.2) is 0 Å². The fourth-order valence-electron chi connectivity index (χ4n) is 5.85. The van der Waals surface area contributed by atoms with E-state index in [1.165, 1.54) is 23.9 Å². The molecule has 2 saturated heterocycles. The summed E-state index contributed by atoms with van der Waals surface area (Å²) in [7, 11) is 1.79. The highest BCUT2D eigenvalue weighted by atomic mass is 32.2. The van der Waals surface area contributed by atoms with Crippen LogP contribution >= 0.6 is 11.8 Å². The van der Waals surface area contributed by atoms with Crippen molar-refractivity contribution in [3.63, 3.8) is 0 Å². The third-order valence-corrected chi connectivity index (χ3v) is 9.54. The lowest BCUT2D eigenvalue weighted by molar-refractivity contribution is -0.131. The van der Waals surface area contributed by atoms with E-state index in [1.807, 2.05) is 12.1 Å². The van der Waals surface area contributed by atoms with Gasteiger partial charge in [0.25, 0.3) is 5.91 Å². The quantitative estimate of drug-likeness (QED) is 0.407. The van der Waals surface area contributed by atoms with Crippen molar-refractivity contribution in [3.05, 3.63) is 70.6 Å². The number of hydrogen-bond donors (Lipinski definition) is 1. The normalized spacial score (nSPS) is 25.1. The molecule has 1 N–H and O–H groups in total. The Morgan fingerprint density at radius 3 is 2.49 bits per heavy atom. The molecule has 5 rings (SSSR count). The Hall–Kier alpha value is -2.91. The number of halogens is 2. The molecule has 0 radical (unpaired) electrons. The Bertz CT molecular complexity index is 1220. The predicted octanol–water partition coefficient (Wildman–Crippen LogP) is 4.38. The second-order valence-electron chi connectivity index (χ2n) is 10.6. The third-order valence-electron chi connectivity index (χ3n) is 8.14. The first-order valence-corrected chi connectivity index (χ1v) is 14.7. The number of nitrogens with zero attached hydrogens (tertiary/aromatic N) is 3. The van der Waals surface area contributed by atoms with Gasteiger partial charge in [-0.1, -0.05) is 30.3 Å². The molecule has 1 saturated carbocycles. The smallest absolute Gasteiger partial charge is 0.260 e. The van der Waals surface area contributed by atoms with Gasteiger partial charge >= 0.3 is 0 Å². The Kier molecular flexibility index (Phi) is 8.87. The first kappa shape index (κ1) is 27.6. The highest BCUT2D eigenvalue weighted by molar-refractivity contribution is 8.04. The minimum Gasteiger partial charge on any atom is -0.367 e. The van der Waals surface area contributed by atoms with Gasteiger partial charge in [0, 0.05) is 62.5 Å². The number of benzene rings is 2. The number of piperazine rings is 1. The molecule has 3 atom stereocenters. The zero-order valence-corrected chi connectivity index (χ0v) is 23.1. The molecule has 6 nitrogen and oxygen atoms in total. The van der Waals surface area contributed by atoms with E-state index in [2.05, 4.69) is 15.1 Å². The van der Waals surface area contributed by atoms with E-state index in [9.17, 15) is 18.4 Å². The van der Waals surface area contributed by atoms with Crippen molar-refractivity contribution in [3.8, 4) is 0 Å². The standard InChI is InChI=1S/C30H36F2N4O2S/c1-34-26-19-22(11-12-27(26)39-28(30(34)38)20-21-7-2-3-8-23(21)31)29(37)33-13-6-14-35-15-17-36(18-16-35)25-10-5-4-9-24(25)32/h2-5,7-10,20,22,26-27H,6,11-19H2,1H3,(H,33,37)/b28-20-. The van der Waals surface area contributed by atoms with Gasteiger partial charge in [-0.15, -0.1) is 11.8 Å². The van der Waals surface area contributed by atoms with Gasteiger partial charge in [0.1, 0.15) is 11.6 Å². The molecule has 2 aromatic rings. The van der Waals surface area contributed by atoms with Crippen molar-refractivity contribution in [1.29, 1.82) is 0 Å². The van der Waals surface area contributed by atoms with Crippen LogP contribution in [-0.4, -0.2) is 79.2 Å². The van der Waals surface area contributed by atoms with Gasteiger partial charge < -0.3 is 15.1 Å². The maximum Gasteiger partial charge on any atom is 0.260 e. The highest BCUT2D eigenvalue weighted by Crippen LogP contribution is 2.43. The third kappa shape index (κ3) is 6.47. The number of fused-ring (bicyclic) bond motifs is 1. The molecule has 208 valence electrons. The molecule has 3 aliphatic rings. The van der Waals surface area contributed by atoms with E-state index in [4.69, 9.17) is 0 Å². The number of hydrogen-bond acceptors (Lipinski definition) is 5. The molecule has 1 aliphatic carbocycles. The Morgan fingerprint density at radius 2 is 1.74 bits per heavy atom. The number of para-hydroxylation sites is 1. The molecule has 0 aromatic heterocycles. The molecule has 2 heterocycles. The number of anilines is 1. The van der Waals surface area contributed by atoms with E-state index in [0.29, 0.717) is 29.1 Å². The van der Waals surface area contributed by atoms with Crippen LogP contribution in [0.5, 0.6) is 0 Å². The second-order valence-corrected chi connectivity index (χ2v) is 11.9. The van der Waals surface area contributed by atoms with Crippen molar-refractivity contribution in [2.75, 3.05) is 51.2 Å². The van der Waals surface area contributed by atoms with Crippen LogP contribution in [0.4, 0.5) is 14.5 Å². The zero-order chi connectivity index (χ0) is 27.4. The summed E-state index contributed by atoms with van der Waals surface area (Å²) in [5.41, 5.74) is 1.08. The van der Waals surface area contributed by atoms with Gasteiger partial charge in [-0.3, -0.25) is 14.5 Å². The maximum absolute atomic E-state index is 14.1. The summed E-state index contributed by atoms with van der Waals surface area (Å²) in [6.45, 7) is 4.85. The van der Waals surface area contributed by atoms with E-state index in [-0.39, 0.29) is 40.7 Å². The van der Waals surface area contributed by atoms with E-state index in [0.717, 1.165) is 52.0 Å². The minimum absolute atomic E-state index is 0.00415. The second kappa shape index (κ2) is 12.5. The fraction of sp³-hybridized carbons (Fsp3) is 0.467. The largest absolute Gasteiger partial charge is 0.367 e. The van der Waals surface area contributed by atoms with Crippen molar-refractivity contribution in [1.82, 2.24) is 15.1 Å². The number of carbonyl (C=O) groups excluding carboxylic acids is 2. The summed E-state index contributed by atoms with van der Waals surface area (Å²) in [6, 6.07) is 13.4. The predicted molar refractivity (Wildman–Crippen MR) is 152 cm³/mol. The lowest BCUT2D eigenvalue weighted by Crippen LogP contribution is -2.52. The first-order valence-electron chi connectivity index (χ1n) is 13.8. The summed E-state index contributed by atoms with van der Waals surface area (Å²) >= 11 is 1.52. The molecule has 9 heteroatoms. The molecule has 2 amide bonds. The first-order chi connectivity index (χ1) is 18.9. The van der Waals surface area contributed by atoms with E-state index >= 15 is 0 Å². The lowest BCUT2D eigenvalue weighted by Gasteiger charge is -2.44. The molecule has 2 aromatic carbocycles. The highest BCUT2D eigenvalue weighted by Gasteiger charge is 2.42. The van der Waals surface area contributed by atoms with Gasteiger partial charge in [0.05, 0.1) is 10.6 Å². The average molecular weight is 555 g/mol. The van der Waals surface area contributed by atoms with Crippen LogP contribution in [0.25, 0.3) is 6.08 Å². The van der Waals surface area contributed by atoms with E-state index in [1.54, 1.807) is 42.3 Å². The average Bonchev–Trinajstić information content (AvgIpc) is 2.95. The molecule has 2 aliphatic heterocycles. The molecule has 3 unspecified atom stereocenters. The van der Waals surface area contributed by atoms with Crippen molar-refractivity contribution in [2.45, 2.75) is 37.0 Å². The summed E-state index contributed by atoms with van der Waals surface area (Å²) in [5, 5.41) is 3.32. The van der Waals surface area contributed by atoms with E-state index < -0.39 is 0 Å². The Balaban J connectivity index is 1.05. The summed E-state index contributed by atoms with van der Waals surface area (Å²) in [4.78, 5) is 32.7. The summed E-state index contributed by atoms with van der Waals surface area (Å²) in [5.74, 6) is -0.668. The van der Waals surface area contributed by atoms with Crippen molar-refractivity contribution < 1.29 is 18.4 Å². The number of likely N-dealkylation sites (N-methyl/N-ethyl adjacent to an activating group) is 1. The molecular weight excluding hydrogens is 518 g/mol. The summed E-state index contributed by atoms with van der Waals surface area (Å²) < 4.78 is 28.2. The van der Waals surface area contributed by atoms with Crippen molar-refractivity contribution >= 4 is 35.3 Å². The molecule has 39 heavy (non-hydrogen) atoms. The van der Waals surface area contributed by atoms with Gasteiger partial charge in [-0.05, 0) is 56.5 Å². The van der Waals surface area contributed by atoms with Crippen molar-refractivity contribution in [2.24, 2.45) is 5.92 Å². The number of carbonyl (C=O) groups is 2. The zero-order valence-electron chi connectivity index (χ0n) is 22.3. The number of rotatable bonds is 7. The van der Waals surface area contributed by atoms with Crippen LogP contribution in [-0.2, 0) is 9.59 Å². The van der Waals surface area contributed by atoms with Crippen LogP contribution in [0.3, 0.4) is 0 Å². The minimum atomic E-state index is -0.339. The topological polar surface area (TPSA) is 55.9 Å². The van der Waals surface area contributed by atoms with Crippen LogP contribution in [0, 0.1) is 17.6 Å². The lowest BCUT2D eigenvalue weighted by atomic mass is 9.83. The molecule has 0 bridgehead atoms. The molecule has 0 spiro atoms. The van der Waals surface area contributed by atoms with Crippen LogP contribution in [0.1, 0.15) is 31.2 Å². The monoisotopic (exact) mass is 554 g/mol. The van der Waals surface area contributed by atoms with Gasteiger partial charge in [0.2, 0.25) is 5.91 Å². The van der Waals surface area contributed by atoms with Gasteiger partial charge in [-0.2, -0.15) is 0 Å². The Morgan fingerprint density at radius 1 is 1.03 bits per heavy atom. The number of nitrogens with one attached hydrogen (secondary N) is 1. The number of thioether (sulfide) groups is 1. The molecular formula is C30H36F2N4O2S. The Labute approximate surface area is 233 Å². The molecule has 3 fully saturated rings. The van der Waals surface area contributed by atoms with Crippen LogP contribution in [0.2, 0.25) is 0 Å². The van der Waals surface area contributed by atoms with Crippen LogP contribution < -0.4 is 10.2 Å². The van der Waals surface area contributed by atoms with Crippen LogP contribution in [0.15, 0.2) is 53.4 Å². The maximum atomic E-state index is 14.1. The van der Waals surface area contributed by atoms with Gasteiger partial charge in [-0.25, -0.2) is 8.78 Å². The SMILES string of the molecule is CN1C(=O)/C(=C/c2ccccc2F)SC2CCC(C(=O)NCCCN3CCN(c4ccccc4F)CC3)CC21. The fourth-order valence-corrected chi connectivity index (χ4v) is 7.32. The summed E-state index contributed by atoms with van der Waals surface area (Å²) in [6.07, 6.45) is 4.78.